The van der Waals surface area contributed by atoms with Crippen LogP contribution < -0.4 is 10.1 Å². The van der Waals surface area contributed by atoms with Gasteiger partial charge in [-0.2, -0.15) is 0 Å². The predicted octanol–water partition coefficient (Wildman–Crippen LogP) is 4.63. The Morgan fingerprint density at radius 1 is 1.17 bits per heavy atom. The molecule has 4 nitrogen and oxygen atoms in total. The van der Waals surface area contributed by atoms with Crippen LogP contribution >= 0.6 is 0 Å². The van der Waals surface area contributed by atoms with Crippen molar-refractivity contribution in [3.8, 4) is 5.75 Å². The Balaban J connectivity index is 2.36. The molecule has 0 heterocycles. The fourth-order valence-corrected chi connectivity index (χ4v) is 3.13. The summed E-state index contributed by atoms with van der Waals surface area (Å²) in [5.74, 6) is 1.03. The van der Waals surface area contributed by atoms with Crippen LogP contribution in [0.5, 0.6) is 5.75 Å². The van der Waals surface area contributed by atoms with Gasteiger partial charge in [-0.15, -0.1) is 0 Å². The summed E-state index contributed by atoms with van der Waals surface area (Å²) < 4.78 is 11.2. The van der Waals surface area contributed by atoms with Crippen molar-refractivity contribution in [3.05, 3.63) is 36.4 Å². The molecule has 0 bridgehead atoms. The highest BCUT2D eigenvalue weighted by molar-refractivity contribution is 6.06. The highest BCUT2D eigenvalue weighted by Gasteiger charge is 2.35. The van der Waals surface area contributed by atoms with Crippen molar-refractivity contribution in [2.24, 2.45) is 5.92 Å². The van der Waals surface area contributed by atoms with Crippen molar-refractivity contribution < 1.29 is 14.3 Å². The maximum Gasteiger partial charge on any atom is 0.256 e. The molecule has 0 aliphatic rings. The number of carbonyl (C=O) groups excluding carboxylic acids is 1. The number of hydrogen-bond donors (Lipinski definition) is 1. The summed E-state index contributed by atoms with van der Waals surface area (Å²) in [6, 6.07) is 11.6. The molecular formula is C20H27NO3. The zero-order valence-electron chi connectivity index (χ0n) is 15.2. The lowest BCUT2D eigenvalue weighted by molar-refractivity contribution is -0.140. The number of nitrogens with one attached hydrogen (secondary N) is 1. The first-order valence-electron chi connectivity index (χ1n) is 8.42. The topological polar surface area (TPSA) is 47.6 Å². The number of methoxy groups -OCH3 is 1. The number of anilines is 1. The minimum absolute atomic E-state index is 0.117. The van der Waals surface area contributed by atoms with Gasteiger partial charge in [0.1, 0.15) is 11.4 Å². The molecule has 0 aliphatic heterocycles. The molecule has 4 heteroatoms. The zero-order valence-corrected chi connectivity index (χ0v) is 15.2. The smallest absolute Gasteiger partial charge is 0.256 e. The molecule has 130 valence electrons. The first-order valence-corrected chi connectivity index (χ1v) is 8.42. The number of ether oxygens (including phenoxy) is 2. The molecule has 1 N–H and O–H groups in total. The van der Waals surface area contributed by atoms with Crippen molar-refractivity contribution >= 4 is 22.4 Å². The van der Waals surface area contributed by atoms with Crippen LogP contribution in [0, 0.1) is 5.92 Å². The van der Waals surface area contributed by atoms with E-state index in [2.05, 4.69) is 19.2 Å². The Labute approximate surface area is 144 Å². The van der Waals surface area contributed by atoms with Gasteiger partial charge in [0.15, 0.2) is 0 Å². The number of carbonyl (C=O) groups is 1. The Bertz CT molecular complexity index is 711. The van der Waals surface area contributed by atoms with E-state index < -0.39 is 5.60 Å². The summed E-state index contributed by atoms with van der Waals surface area (Å²) in [7, 11) is 1.65. The molecule has 0 saturated carbocycles. The number of benzene rings is 2. The van der Waals surface area contributed by atoms with Crippen LogP contribution in [0.25, 0.3) is 10.8 Å². The second kappa shape index (κ2) is 7.67. The third kappa shape index (κ3) is 3.88. The van der Waals surface area contributed by atoms with Crippen molar-refractivity contribution in [1.82, 2.24) is 0 Å². The van der Waals surface area contributed by atoms with E-state index in [1.807, 2.05) is 50.2 Å². The van der Waals surface area contributed by atoms with E-state index in [0.29, 0.717) is 18.9 Å². The van der Waals surface area contributed by atoms with Crippen LogP contribution in [0.3, 0.4) is 0 Å². The van der Waals surface area contributed by atoms with E-state index in [1.54, 1.807) is 7.11 Å². The summed E-state index contributed by atoms with van der Waals surface area (Å²) in [5.41, 5.74) is -0.0738. The highest BCUT2D eigenvalue weighted by Crippen LogP contribution is 2.32. The predicted molar refractivity (Wildman–Crippen MR) is 98.6 cm³/mol. The standard InChI is InChI=1S/C20H27NO3/c1-6-24-20(4,13-14(2)3)19(22)21-17-11-12-18(23-5)16-10-8-7-9-15(16)17/h7-12,14H,6,13H2,1-5H3,(H,21,22)/t20-/m0/s1. The van der Waals surface area contributed by atoms with Crippen molar-refractivity contribution in [2.75, 3.05) is 19.0 Å². The van der Waals surface area contributed by atoms with Gasteiger partial charge >= 0.3 is 0 Å². The summed E-state index contributed by atoms with van der Waals surface area (Å²) >= 11 is 0. The Kier molecular flexibility index (Phi) is 5.84. The second-order valence-electron chi connectivity index (χ2n) is 6.58. The van der Waals surface area contributed by atoms with Crippen molar-refractivity contribution in [1.29, 1.82) is 0 Å². The molecule has 0 aliphatic carbocycles. The highest BCUT2D eigenvalue weighted by atomic mass is 16.5. The molecule has 0 unspecified atom stereocenters. The van der Waals surface area contributed by atoms with E-state index in [1.165, 1.54) is 0 Å². The van der Waals surface area contributed by atoms with Gasteiger partial charge in [0.05, 0.1) is 7.11 Å². The molecule has 0 radical (unpaired) electrons. The van der Waals surface area contributed by atoms with Gasteiger partial charge in [-0.25, -0.2) is 0 Å². The van der Waals surface area contributed by atoms with Crippen LogP contribution in [0.15, 0.2) is 36.4 Å². The fourth-order valence-electron chi connectivity index (χ4n) is 3.13. The molecule has 0 spiro atoms. The van der Waals surface area contributed by atoms with E-state index in [0.717, 1.165) is 22.2 Å². The van der Waals surface area contributed by atoms with Crippen LogP contribution in [0.4, 0.5) is 5.69 Å². The average molecular weight is 329 g/mol. The number of fused-ring (bicyclic) bond motifs is 1. The van der Waals surface area contributed by atoms with Crippen LogP contribution in [-0.4, -0.2) is 25.2 Å². The maximum absolute atomic E-state index is 12.9. The van der Waals surface area contributed by atoms with Gasteiger partial charge in [-0.1, -0.05) is 38.1 Å². The van der Waals surface area contributed by atoms with Gasteiger partial charge in [-0.05, 0) is 38.3 Å². The second-order valence-corrected chi connectivity index (χ2v) is 6.58. The van der Waals surface area contributed by atoms with Gasteiger partial charge in [-0.3, -0.25) is 4.79 Å². The lowest BCUT2D eigenvalue weighted by atomic mass is 9.92. The van der Waals surface area contributed by atoms with E-state index >= 15 is 0 Å². The minimum Gasteiger partial charge on any atom is -0.496 e. The Hall–Kier alpha value is -2.07. The van der Waals surface area contributed by atoms with Gasteiger partial charge < -0.3 is 14.8 Å². The molecule has 1 amide bonds. The molecule has 0 fully saturated rings. The van der Waals surface area contributed by atoms with Gasteiger partial charge in [0.2, 0.25) is 0 Å². The summed E-state index contributed by atoms with van der Waals surface area (Å²) in [6.45, 7) is 8.45. The van der Waals surface area contributed by atoms with Crippen LogP contribution in [0.2, 0.25) is 0 Å². The SMILES string of the molecule is CCO[C@@](C)(CC(C)C)C(=O)Nc1ccc(OC)c2ccccc12. The number of hydrogen-bond acceptors (Lipinski definition) is 3. The van der Waals surface area contributed by atoms with Crippen LogP contribution in [0.1, 0.15) is 34.1 Å². The Morgan fingerprint density at radius 3 is 2.42 bits per heavy atom. The molecule has 0 aromatic heterocycles. The fraction of sp³-hybridized carbons (Fsp3) is 0.450. The van der Waals surface area contributed by atoms with Gasteiger partial charge in [0.25, 0.3) is 5.91 Å². The molecule has 24 heavy (non-hydrogen) atoms. The van der Waals surface area contributed by atoms with Crippen molar-refractivity contribution in [2.45, 2.75) is 39.7 Å². The lowest BCUT2D eigenvalue weighted by Crippen LogP contribution is -2.44. The molecule has 0 saturated heterocycles. The average Bonchev–Trinajstić information content (AvgIpc) is 2.54. The molecular weight excluding hydrogens is 302 g/mol. The van der Waals surface area contributed by atoms with Gasteiger partial charge in [0, 0.05) is 23.1 Å². The molecule has 2 aromatic rings. The third-order valence-electron chi connectivity index (χ3n) is 4.09. The van der Waals surface area contributed by atoms with E-state index in [9.17, 15) is 4.79 Å². The summed E-state index contributed by atoms with van der Waals surface area (Å²) in [6.07, 6.45) is 0.667. The molecule has 1 atom stereocenters. The quantitative estimate of drug-likeness (QED) is 0.806. The Morgan fingerprint density at radius 2 is 1.83 bits per heavy atom. The summed E-state index contributed by atoms with van der Waals surface area (Å²) in [5, 5.41) is 4.97. The summed E-state index contributed by atoms with van der Waals surface area (Å²) in [4.78, 5) is 12.9. The number of rotatable bonds is 7. The minimum atomic E-state index is -0.843. The monoisotopic (exact) mass is 329 g/mol. The maximum atomic E-state index is 12.9. The van der Waals surface area contributed by atoms with E-state index in [4.69, 9.17) is 9.47 Å². The first-order chi connectivity index (χ1) is 11.4. The van der Waals surface area contributed by atoms with Crippen LogP contribution in [-0.2, 0) is 9.53 Å². The van der Waals surface area contributed by atoms with Crippen molar-refractivity contribution in [3.63, 3.8) is 0 Å². The first kappa shape index (κ1) is 18.3. The normalized spacial score (nSPS) is 13.8. The lowest BCUT2D eigenvalue weighted by Gasteiger charge is -2.30. The molecule has 2 aromatic carbocycles. The largest absolute Gasteiger partial charge is 0.496 e. The van der Waals surface area contributed by atoms with E-state index in [-0.39, 0.29) is 5.91 Å². The molecule has 2 rings (SSSR count). The third-order valence-corrected chi connectivity index (χ3v) is 4.09. The zero-order chi connectivity index (χ0) is 17.7. The number of amides is 1.